The fourth-order valence-electron chi connectivity index (χ4n) is 2.80. The molecule has 5 nitrogen and oxygen atoms in total. The summed E-state index contributed by atoms with van der Waals surface area (Å²) in [6.45, 7) is -0.0657. The van der Waals surface area contributed by atoms with Gasteiger partial charge in [0.05, 0.1) is 0 Å². The highest BCUT2D eigenvalue weighted by atomic mass is 16.5. The highest BCUT2D eigenvalue weighted by Crippen LogP contribution is 2.22. The number of ether oxygens (including phenoxy) is 1. The lowest BCUT2D eigenvalue weighted by molar-refractivity contribution is -0.118. The summed E-state index contributed by atoms with van der Waals surface area (Å²) in [5.41, 5.74) is 4.64. The molecular weight excluding hydrogens is 352 g/mol. The Morgan fingerprint density at radius 1 is 0.857 bits per heavy atom. The molecule has 0 fully saturated rings. The molecule has 1 N–H and O–H groups in total. The summed E-state index contributed by atoms with van der Waals surface area (Å²) in [5.74, 6) is 0.398. The third-order valence-electron chi connectivity index (χ3n) is 4.23. The molecule has 138 valence electrons. The van der Waals surface area contributed by atoms with Crippen molar-refractivity contribution in [2.75, 3.05) is 11.9 Å². The molecule has 0 atom stereocenters. The standard InChI is InChI=1S/C23H18N2O3/c26-23(15-28-21-12-8-19(9-13-21)22-14-27-16-24-22)25-20-10-6-18(7-11-20)17-4-2-1-3-5-17/h1-14,16H,15H2,(H,25,26). The van der Waals surface area contributed by atoms with Crippen LogP contribution in [0.15, 0.2) is 95.9 Å². The zero-order valence-corrected chi connectivity index (χ0v) is 15.0. The molecule has 0 spiro atoms. The fourth-order valence-corrected chi connectivity index (χ4v) is 2.80. The molecule has 1 amide bonds. The molecule has 0 aliphatic carbocycles. The molecule has 0 saturated carbocycles. The van der Waals surface area contributed by atoms with Gasteiger partial charge in [-0.2, -0.15) is 0 Å². The Kier molecular flexibility index (Phi) is 5.15. The first-order valence-corrected chi connectivity index (χ1v) is 8.85. The van der Waals surface area contributed by atoms with Crippen LogP contribution in [-0.4, -0.2) is 17.5 Å². The van der Waals surface area contributed by atoms with Crippen molar-refractivity contribution in [3.8, 4) is 28.1 Å². The van der Waals surface area contributed by atoms with Gasteiger partial charge in [-0.05, 0) is 47.5 Å². The molecule has 1 heterocycles. The Hall–Kier alpha value is -3.86. The molecule has 0 unspecified atom stereocenters. The van der Waals surface area contributed by atoms with Gasteiger partial charge in [-0.1, -0.05) is 42.5 Å². The summed E-state index contributed by atoms with van der Waals surface area (Å²) in [6, 6.07) is 25.1. The molecule has 4 aromatic rings. The quantitative estimate of drug-likeness (QED) is 0.517. The molecular formula is C23H18N2O3. The topological polar surface area (TPSA) is 64.4 Å². The van der Waals surface area contributed by atoms with Crippen molar-refractivity contribution in [2.45, 2.75) is 0 Å². The number of rotatable bonds is 6. The predicted octanol–water partition coefficient (Wildman–Crippen LogP) is 5.03. The average molecular weight is 370 g/mol. The van der Waals surface area contributed by atoms with Crippen molar-refractivity contribution in [3.05, 3.63) is 91.5 Å². The summed E-state index contributed by atoms with van der Waals surface area (Å²) in [7, 11) is 0. The van der Waals surface area contributed by atoms with E-state index in [-0.39, 0.29) is 12.5 Å². The van der Waals surface area contributed by atoms with Crippen molar-refractivity contribution in [3.63, 3.8) is 0 Å². The molecule has 3 aromatic carbocycles. The van der Waals surface area contributed by atoms with E-state index < -0.39 is 0 Å². The van der Waals surface area contributed by atoms with Crippen LogP contribution in [0.4, 0.5) is 5.69 Å². The average Bonchev–Trinajstić information content (AvgIpc) is 3.29. The first-order valence-electron chi connectivity index (χ1n) is 8.85. The van der Waals surface area contributed by atoms with Gasteiger partial charge < -0.3 is 14.5 Å². The minimum Gasteiger partial charge on any atom is -0.484 e. The van der Waals surface area contributed by atoms with Crippen LogP contribution in [0.2, 0.25) is 0 Å². The van der Waals surface area contributed by atoms with Gasteiger partial charge in [-0.3, -0.25) is 4.79 Å². The maximum atomic E-state index is 12.1. The second kappa shape index (κ2) is 8.22. The Morgan fingerprint density at radius 3 is 2.21 bits per heavy atom. The molecule has 28 heavy (non-hydrogen) atoms. The number of carbonyl (C=O) groups is 1. The molecule has 0 saturated heterocycles. The lowest BCUT2D eigenvalue weighted by atomic mass is 10.1. The van der Waals surface area contributed by atoms with Crippen LogP contribution in [0.3, 0.4) is 0 Å². The maximum absolute atomic E-state index is 12.1. The Labute approximate surface area is 162 Å². The zero-order chi connectivity index (χ0) is 19.2. The summed E-state index contributed by atoms with van der Waals surface area (Å²) < 4.78 is 10.5. The smallest absolute Gasteiger partial charge is 0.262 e. The van der Waals surface area contributed by atoms with Crippen LogP contribution in [-0.2, 0) is 4.79 Å². The van der Waals surface area contributed by atoms with Gasteiger partial charge in [-0.25, -0.2) is 4.98 Å². The maximum Gasteiger partial charge on any atom is 0.262 e. The largest absolute Gasteiger partial charge is 0.484 e. The SMILES string of the molecule is O=C(COc1ccc(-c2cocn2)cc1)Nc1ccc(-c2ccccc2)cc1. The van der Waals surface area contributed by atoms with E-state index in [1.807, 2.05) is 54.6 Å². The zero-order valence-electron chi connectivity index (χ0n) is 15.0. The number of amides is 1. The minimum atomic E-state index is -0.215. The molecule has 5 heteroatoms. The highest BCUT2D eigenvalue weighted by Gasteiger charge is 2.06. The molecule has 0 bridgehead atoms. The van der Waals surface area contributed by atoms with Crippen molar-refractivity contribution >= 4 is 11.6 Å². The van der Waals surface area contributed by atoms with E-state index in [1.54, 1.807) is 18.4 Å². The van der Waals surface area contributed by atoms with Gasteiger partial charge >= 0.3 is 0 Å². The Morgan fingerprint density at radius 2 is 1.54 bits per heavy atom. The van der Waals surface area contributed by atoms with Crippen molar-refractivity contribution in [2.24, 2.45) is 0 Å². The number of aromatic nitrogens is 1. The van der Waals surface area contributed by atoms with Crippen LogP contribution in [0.25, 0.3) is 22.4 Å². The Bertz CT molecular complexity index is 1030. The minimum absolute atomic E-state index is 0.0657. The van der Waals surface area contributed by atoms with Gasteiger partial charge in [0.25, 0.3) is 5.91 Å². The highest BCUT2D eigenvalue weighted by molar-refractivity contribution is 5.92. The first-order chi connectivity index (χ1) is 13.8. The number of nitrogens with zero attached hydrogens (tertiary/aromatic N) is 1. The molecule has 0 aliphatic heterocycles. The van der Waals surface area contributed by atoms with Gasteiger partial charge in [-0.15, -0.1) is 0 Å². The number of oxazole rings is 1. The van der Waals surface area contributed by atoms with Gasteiger partial charge in [0.2, 0.25) is 0 Å². The van der Waals surface area contributed by atoms with E-state index in [1.165, 1.54) is 6.39 Å². The third kappa shape index (κ3) is 4.27. The molecule has 1 aromatic heterocycles. The summed E-state index contributed by atoms with van der Waals surface area (Å²) in [4.78, 5) is 16.2. The lowest BCUT2D eigenvalue weighted by Crippen LogP contribution is -2.20. The van der Waals surface area contributed by atoms with Gasteiger partial charge in [0, 0.05) is 11.3 Å². The van der Waals surface area contributed by atoms with Crippen molar-refractivity contribution < 1.29 is 13.9 Å². The number of nitrogens with one attached hydrogen (secondary N) is 1. The fraction of sp³-hybridized carbons (Fsp3) is 0.0435. The molecule has 4 rings (SSSR count). The monoisotopic (exact) mass is 370 g/mol. The van der Waals surface area contributed by atoms with Crippen LogP contribution in [0, 0.1) is 0 Å². The van der Waals surface area contributed by atoms with Crippen molar-refractivity contribution in [1.82, 2.24) is 4.98 Å². The number of anilines is 1. The van der Waals surface area contributed by atoms with E-state index in [2.05, 4.69) is 22.4 Å². The van der Waals surface area contributed by atoms with Crippen LogP contribution in [0.1, 0.15) is 0 Å². The summed E-state index contributed by atoms with van der Waals surface area (Å²) in [5, 5.41) is 2.84. The summed E-state index contributed by atoms with van der Waals surface area (Å²) >= 11 is 0. The van der Waals surface area contributed by atoms with E-state index in [9.17, 15) is 4.79 Å². The van der Waals surface area contributed by atoms with E-state index in [0.717, 1.165) is 28.1 Å². The molecule has 0 aliphatic rings. The van der Waals surface area contributed by atoms with Gasteiger partial charge in [0.1, 0.15) is 17.7 Å². The normalized spacial score (nSPS) is 10.4. The van der Waals surface area contributed by atoms with Crippen LogP contribution >= 0.6 is 0 Å². The first kappa shape index (κ1) is 17.5. The van der Waals surface area contributed by atoms with E-state index in [4.69, 9.17) is 9.15 Å². The Balaban J connectivity index is 1.31. The van der Waals surface area contributed by atoms with E-state index in [0.29, 0.717) is 5.75 Å². The predicted molar refractivity (Wildman–Crippen MR) is 108 cm³/mol. The lowest BCUT2D eigenvalue weighted by Gasteiger charge is -2.09. The number of hydrogen-bond donors (Lipinski definition) is 1. The van der Waals surface area contributed by atoms with Crippen LogP contribution < -0.4 is 10.1 Å². The number of hydrogen-bond acceptors (Lipinski definition) is 4. The second-order valence-corrected chi connectivity index (χ2v) is 6.18. The second-order valence-electron chi connectivity index (χ2n) is 6.18. The summed E-state index contributed by atoms with van der Waals surface area (Å²) in [6.07, 6.45) is 2.96. The van der Waals surface area contributed by atoms with Gasteiger partial charge in [0.15, 0.2) is 13.0 Å². The van der Waals surface area contributed by atoms with E-state index >= 15 is 0 Å². The number of benzene rings is 3. The number of carbonyl (C=O) groups excluding carboxylic acids is 1. The molecule has 0 radical (unpaired) electrons. The third-order valence-corrected chi connectivity index (χ3v) is 4.23. The van der Waals surface area contributed by atoms with Crippen LogP contribution in [0.5, 0.6) is 5.75 Å². The van der Waals surface area contributed by atoms with Crippen molar-refractivity contribution in [1.29, 1.82) is 0 Å².